The van der Waals surface area contributed by atoms with Crippen LogP contribution in [0.4, 0.5) is 0 Å². The molecule has 0 saturated carbocycles. The van der Waals surface area contributed by atoms with E-state index in [0.717, 1.165) is 12.8 Å². The smallest absolute Gasteiger partial charge is 0.333 e. The molecule has 0 aliphatic rings. The van der Waals surface area contributed by atoms with Crippen molar-refractivity contribution in [2.75, 3.05) is 6.61 Å². The quantitative estimate of drug-likeness (QED) is 0.0325. The summed E-state index contributed by atoms with van der Waals surface area (Å²) in [6.07, 6.45) is 35.4. The van der Waals surface area contributed by atoms with E-state index >= 15 is 0 Å². The topological polar surface area (TPSA) is 63.6 Å². The van der Waals surface area contributed by atoms with Gasteiger partial charge >= 0.3 is 11.9 Å². The first-order valence-corrected chi connectivity index (χ1v) is 22.3. The number of ether oxygens (including phenoxy) is 1. The van der Waals surface area contributed by atoms with Crippen molar-refractivity contribution in [3.63, 3.8) is 0 Å². The lowest BCUT2D eigenvalue weighted by molar-refractivity contribution is -0.142. The van der Waals surface area contributed by atoms with Crippen LogP contribution in [0.15, 0.2) is 12.2 Å². The van der Waals surface area contributed by atoms with E-state index in [1.54, 1.807) is 24.2 Å². The molecule has 44 heavy (non-hydrogen) atoms. The normalized spacial score (nSPS) is 11.6. The summed E-state index contributed by atoms with van der Waals surface area (Å²) in [5.74, 6) is -1.62. The van der Waals surface area contributed by atoms with Crippen LogP contribution in [0.3, 0.4) is 0 Å². The van der Waals surface area contributed by atoms with E-state index in [2.05, 4.69) is 27.4 Å². The third-order valence-corrected chi connectivity index (χ3v) is 15.3. The molecular formula is C39H76O4Si. The Kier molecular flexibility index (Phi) is 31.1. The lowest BCUT2D eigenvalue weighted by Crippen LogP contribution is -2.34. The minimum Gasteiger partial charge on any atom is -0.481 e. The molecule has 0 heterocycles. The second-order valence-corrected chi connectivity index (χ2v) is 18.9. The molecule has 0 aromatic carbocycles. The van der Waals surface area contributed by atoms with Crippen molar-refractivity contribution in [1.82, 2.24) is 0 Å². The molecule has 0 spiro atoms. The van der Waals surface area contributed by atoms with Gasteiger partial charge in [0.1, 0.15) is 0 Å². The summed E-state index contributed by atoms with van der Waals surface area (Å²) < 4.78 is 5.15. The van der Waals surface area contributed by atoms with E-state index < -0.39 is 20.0 Å². The highest BCUT2D eigenvalue weighted by Gasteiger charge is 2.30. The molecule has 0 bridgehead atoms. The molecular weight excluding hydrogens is 561 g/mol. The maximum atomic E-state index is 11.7. The van der Waals surface area contributed by atoms with Gasteiger partial charge in [0, 0.05) is 5.57 Å². The molecule has 0 unspecified atom stereocenters. The fraction of sp³-hybridized carbons (Fsp3) is 0.897. The number of unbranched alkanes of at least 4 members (excludes halogenated alkanes) is 22. The zero-order valence-electron chi connectivity index (χ0n) is 30.0. The van der Waals surface area contributed by atoms with Gasteiger partial charge in [-0.3, -0.25) is 4.79 Å². The maximum absolute atomic E-state index is 11.7. The van der Waals surface area contributed by atoms with E-state index in [1.807, 2.05) is 0 Å². The Labute approximate surface area is 276 Å². The fourth-order valence-corrected chi connectivity index (χ4v) is 12.3. The molecule has 0 amide bonds. The van der Waals surface area contributed by atoms with Gasteiger partial charge in [0.25, 0.3) is 0 Å². The molecule has 0 aliphatic carbocycles. The van der Waals surface area contributed by atoms with Crippen molar-refractivity contribution in [1.29, 1.82) is 0 Å². The van der Waals surface area contributed by atoms with Gasteiger partial charge in [-0.2, -0.15) is 0 Å². The Hall–Kier alpha value is -1.10. The lowest BCUT2D eigenvalue weighted by Gasteiger charge is -2.33. The van der Waals surface area contributed by atoms with Gasteiger partial charge < -0.3 is 9.84 Å². The number of carbonyl (C=O) groups is 2. The van der Waals surface area contributed by atoms with Crippen LogP contribution in [0.1, 0.15) is 194 Å². The molecule has 1 N–H and O–H groups in total. The third kappa shape index (κ3) is 27.2. The minimum atomic E-state index is -1.20. The van der Waals surface area contributed by atoms with E-state index in [4.69, 9.17) is 9.84 Å². The number of rotatable bonds is 35. The Morgan fingerprint density at radius 2 is 0.795 bits per heavy atom. The van der Waals surface area contributed by atoms with Gasteiger partial charge in [0.2, 0.25) is 0 Å². The molecule has 260 valence electrons. The fourth-order valence-electron chi connectivity index (χ4n) is 6.78. The molecule has 0 radical (unpaired) electrons. The molecule has 0 rings (SSSR count). The van der Waals surface area contributed by atoms with Gasteiger partial charge in [-0.15, -0.1) is 0 Å². The van der Waals surface area contributed by atoms with Gasteiger partial charge in [0.05, 0.1) is 21.1 Å². The maximum Gasteiger partial charge on any atom is 0.333 e. The van der Waals surface area contributed by atoms with Crippen LogP contribution in [-0.4, -0.2) is 31.7 Å². The Bertz CT molecular complexity index is 636. The van der Waals surface area contributed by atoms with Gasteiger partial charge in [-0.25, -0.2) is 4.79 Å². The summed E-state index contributed by atoms with van der Waals surface area (Å²) in [6, 6.07) is 6.41. The highest BCUT2D eigenvalue weighted by Crippen LogP contribution is 2.35. The monoisotopic (exact) mass is 637 g/mol. The molecule has 0 atom stereocenters. The van der Waals surface area contributed by atoms with Crippen molar-refractivity contribution in [3.05, 3.63) is 12.2 Å². The summed E-state index contributed by atoms with van der Waals surface area (Å²) >= 11 is 0. The summed E-state index contributed by atoms with van der Waals surface area (Å²) in [5.41, 5.74) is 0.0236. The highest BCUT2D eigenvalue weighted by atomic mass is 28.3. The number of carboxylic acids is 1. The molecule has 0 aliphatic heterocycles. The van der Waals surface area contributed by atoms with Crippen LogP contribution in [0.25, 0.3) is 0 Å². The second-order valence-electron chi connectivity index (χ2n) is 13.9. The van der Waals surface area contributed by atoms with E-state index in [1.165, 1.54) is 154 Å². The number of aliphatic carboxylic acids is 1. The standard InChI is InChI=1S/C39H76O4Si/c1-5-8-11-14-22-27-32-44(33-28-23-15-12-9-6-2,34-29-24-16-13-10-7-3)35-30-25-20-18-17-19-21-26-31-43-39(42)37(4)36-38(40)41/h4-36H2,1-3H3,(H,40,41). The first-order valence-electron chi connectivity index (χ1n) is 19.5. The van der Waals surface area contributed by atoms with Gasteiger partial charge in [0.15, 0.2) is 0 Å². The van der Waals surface area contributed by atoms with Crippen molar-refractivity contribution in [2.24, 2.45) is 0 Å². The van der Waals surface area contributed by atoms with Crippen molar-refractivity contribution in [3.8, 4) is 0 Å². The largest absolute Gasteiger partial charge is 0.481 e. The Morgan fingerprint density at radius 1 is 0.500 bits per heavy atom. The van der Waals surface area contributed by atoms with Crippen LogP contribution in [-0.2, 0) is 14.3 Å². The molecule has 5 heteroatoms. The molecule has 0 fully saturated rings. The average Bonchev–Trinajstić information content (AvgIpc) is 3.00. The van der Waals surface area contributed by atoms with Crippen molar-refractivity contribution < 1.29 is 19.4 Å². The second kappa shape index (κ2) is 31.9. The number of hydrogen-bond donors (Lipinski definition) is 1. The predicted molar refractivity (Wildman–Crippen MR) is 194 cm³/mol. The summed E-state index contributed by atoms with van der Waals surface area (Å²) in [6.45, 7) is 10.8. The minimum absolute atomic E-state index is 0.0236. The summed E-state index contributed by atoms with van der Waals surface area (Å²) in [4.78, 5) is 22.4. The summed E-state index contributed by atoms with van der Waals surface area (Å²) in [7, 11) is -1.20. The third-order valence-electron chi connectivity index (χ3n) is 9.67. The van der Waals surface area contributed by atoms with Crippen LogP contribution in [0.2, 0.25) is 24.2 Å². The molecule has 0 aromatic heterocycles. The lowest BCUT2D eigenvalue weighted by atomic mass is 10.1. The van der Waals surface area contributed by atoms with Crippen LogP contribution >= 0.6 is 0 Å². The predicted octanol–water partition coefficient (Wildman–Crippen LogP) is 13.2. The van der Waals surface area contributed by atoms with E-state index in [-0.39, 0.29) is 12.0 Å². The van der Waals surface area contributed by atoms with Gasteiger partial charge in [-0.1, -0.05) is 212 Å². The SMILES string of the molecule is C=C(CC(=O)O)C(=O)OCCCCCCCCCC[Si](CCCCCCCC)(CCCCCCCC)CCCCCCCC. The first kappa shape index (κ1) is 42.9. The van der Waals surface area contributed by atoms with Crippen molar-refractivity contribution in [2.45, 2.75) is 218 Å². The Morgan fingerprint density at radius 3 is 1.11 bits per heavy atom. The highest BCUT2D eigenvalue weighted by molar-refractivity contribution is 6.79. The summed E-state index contributed by atoms with van der Waals surface area (Å²) in [5, 5.41) is 8.75. The zero-order valence-corrected chi connectivity index (χ0v) is 31.0. The molecule has 0 aromatic rings. The number of hydrogen-bond acceptors (Lipinski definition) is 3. The van der Waals surface area contributed by atoms with Crippen molar-refractivity contribution >= 4 is 20.0 Å². The van der Waals surface area contributed by atoms with Crippen LogP contribution in [0, 0.1) is 0 Å². The van der Waals surface area contributed by atoms with Crippen LogP contribution < -0.4 is 0 Å². The van der Waals surface area contributed by atoms with E-state index in [0.29, 0.717) is 6.61 Å². The number of carboxylic acid groups (broad SMARTS) is 1. The Balaban J connectivity index is 4.59. The number of esters is 1. The molecule has 4 nitrogen and oxygen atoms in total. The average molecular weight is 637 g/mol. The first-order chi connectivity index (χ1) is 21.4. The van der Waals surface area contributed by atoms with Gasteiger partial charge in [-0.05, 0) is 6.42 Å². The van der Waals surface area contributed by atoms with Crippen LogP contribution in [0.5, 0.6) is 0 Å². The molecule has 0 saturated heterocycles. The number of carbonyl (C=O) groups excluding carboxylic acids is 1. The van der Waals surface area contributed by atoms with E-state index in [9.17, 15) is 9.59 Å². The zero-order chi connectivity index (χ0) is 32.6.